The number of nitrogens with zero attached hydrogens (tertiary/aromatic N) is 2. The minimum absolute atomic E-state index is 0.0758. The van der Waals surface area contributed by atoms with Crippen LogP contribution < -0.4 is 5.73 Å². The van der Waals surface area contributed by atoms with Crippen LogP contribution in [0.2, 0.25) is 0 Å². The maximum atomic E-state index is 13.9. The Morgan fingerprint density at radius 1 is 1.33 bits per heavy atom. The van der Waals surface area contributed by atoms with E-state index in [9.17, 15) is 8.60 Å². The van der Waals surface area contributed by atoms with Gasteiger partial charge < -0.3 is 5.73 Å². The van der Waals surface area contributed by atoms with Gasteiger partial charge in [0.05, 0.1) is 15.5 Å². The summed E-state index contributed by atoms with van der Waals surface area (Å²) in [5.41, 5.74) is 6.50. The summed E-state index contributed by atoms with van der Waals surface area (Å²) in [4.78, 5) is 4.08. The molecular weight excluding hydrogens is 289 g/mol. The van der Waals surface area contributed by atoms with Crippen LogP contribution in [0.15, 0.2) is 33.6 Å². The normalized spacial score (nSPS) is 21.0. The zero-order valence-corrected chi connectivity index (χ0v) is 13.3. The summed E-state index contributed by atoms with van der Waals surface area (Å²) in [5, 5.41) is 0. The van der Waals surface area contributed by atoms with Crippen LogP contribution in [0.3, 0.4) is 0 Å². The molecule has 116 valence electrons. The van der Waals surface area contributed by atoms with Gasteiger partial charge in [0, 0.05) is 19.7 Å². The molecule has 1 unspecified atom stereocenters. The van der Waals surface area contributed by atoms with Gasteiger partial charge in [0.15, 0.2) is 0 Å². The van der Waals surface area contributed by atoms with Gasteiger partial charge in [-0.1, -0.05) is 31.0 Å². The Hall–Kier alpha value is -1.43. The fourth-order valence-electron chi connectivity index (χ4n) is 3.09. The Morgan fingerprint density at radius 2 is 1.95 bits per heavy atom. The Balaban J connectivity index is 2.51. The van der Waals surface area contributed by atoms with Crippen molar-refractivity contribution in [2.24, 2.45) is 15.1 Å². The minimum Gasteiger partial charge on any atom is -0.386 e. The second-order valence-electron chi connectivity index (χ2n) is 5.37. The Labute approximate surface area is 125 Å². The first-order chi connectivity index (χ1) is 9.99. The highest BCUT2D eigenvalue weighted by molar-refractivity contribution is 7.95. The van der Waals surface area contributed by atoms with Crippen molar-refractivity contribution in [1.82, 2.24) is 0 Å². The molecule has 6 heteroatoms. The summed E-state index contributed by atoms with van der Waals surface area (Å²) < 4.78 is 30.9. The topological polar surface area (TPSA) is 67.8 Å². The van der Waals surface area contributed by atoms with E-state index in [4.69, 9.17) is 5.73 Å². The molecule has 1 aliphatic rings. The van der Waals surface area contributed by atoms with Crippen molar-refractivity contribution in [2.75, 3.05) is 14.1 Å². The lowest BCUT2D eigenvalue weighted by atomic mass is 10.1. The number of hydrogen-bond acceptors (Lipinski definition) is 3. The van der Waals surface area contributed by atoms with Gasteiger partial charge in [-0.25, -0.2) is 13.0 Å². The van der Waals surface area contributed by atoms with E-state index in [1.54, 1.807) is 25.2 Å². The van der Waals surface area contributed by atoms with Gasteiger partial charge in [-0.3, -0.25) is 4.99 Å². The summed E-state index contributed by atoms with van der Waals surface area (Å²) in [5.74, 6) is 0.104. The summed E-state index contributed by atoms with van der Waals surface area (Å²) in [7, 11) is 0.414. The van der Waals surface area contributed by atoms with Crippen molar-refractivity contribution in [1.29, 1.82) is 0 Å². The number of amidine groups is 1. The second-order valence-corrected chi connectivity index (χ2v) is 8.09. The summed E-state index contributed by atoms with van der Waals surface area (Å²) in [6.45, 7) is 0. The molecule has 0 amide bonds. The average Bonchev–Trinajstić information content (AvgIpc) is 3.00. The predicted molar refractivity (Wildman–Crippen MR) is 85.3 cm³/mol. The maximum absolute atomic E-state index is 13.9. The fraction of sp³-hybridized carbons (Fsp3) is 0.533. The van der Waals surface area contributed by atoms with E-state index in [0.29, 0.717) is 24.2 Å². The van der Waals surface area contributed by atoms with E-state index < -0.39 is 14.5 Å². The third-order valence-electron chi connectivity index (χ3n) is 4.33. The Kier molecular flexibility index (Phi) is 4.66. The molecule has 0 aliphatic heterocycles. The van der Waals surface area contributed by atoms with Crippen LogP contribution in [-0.2, 0) is 15.5 Å². The molecule has 21 heavy (non-hydrogen) atoms. The lowest BCUT2D eigenvalue weighted by molar-refractivity contribution is 0.609. The fourth-order valence-corrected chi connectivity index (χ4v) is 5.85. The number of nitrogens with two attached hydrogens (primary N) is 1. The zero-order chi connectivity index (χ0) is 15.5. The Bertz CT molecular complexity index is 657. The van der Waals surface area contributed by atoms with Crippen LogP contribution in [0.5, 0.6) is 0 Å². The van der Waals surface area contributed by atoms with Crippen LogP contribution in [-0.4, -0.2) is 28.9 Å². The van der Waals surface area contributed by atoms with Crippen molar-refractivity contribution >= 4 is 15.6 Å². The molecule has 1 aromatic carbocycles. The maximum Gasteiger partial charge on any atom is 0.127 e. The van der Waals surface area contributed by atoms with E-state index >= 15 is 0 Å². The van der Waals surface area contributed by atoms with Gasteiger partial charge in [-0.15, -0.1) is 0 Å². The molecule has 2 N–H and O–H groups in total. The zero-order valence-electron chi connectivity index (χ0n) is 12.5. The van der Waals surface area contributed by atoms with Crippen LogP contribution in [0.1, 0.15) is 31.2 Å². The van der Waals surface area contributed by atoms with Gasteiger partial charge in [-0.2, -0.15) is 0 Å². The molecule has 1 aromatic rings. The SMILES string of the molecule is CN=C(N)C1(S(=O)(Cc2ccccc2F)=NC)CCCC1. The molecular formula is C15H22FN3OS. The first-order valence-corrected chi connectivity index (χ1v) is 8.76. The highest BCUT2D eigenvalue weighted by Gasteiger charge is 2.47. The number of aliphatic imine (C=N–C) groups is 1. The third kappa shape index (κ3) is 2.69. The highest BCUT2D eigenvalue weighted by Crippen LogP contribution is 2.40. The van der Waals surface area contributed by atoms with E-state index in [0.717, 1.165) is 12.8 Å². The molecule has 0 aromatic heterocycles. The summed E-state index contributed by atoms with van der Waals surface area (Å²) in [6, 6.07) is 6.40. The molecule has 1 atom stereocenters. The summed E-state index contributed by atoms with van der Waals surface area (Å²) >= 11 is 0. The molecule has 0 heterocycles. The monoisotopic (exact) mass is 311 g/mol. The average molecular weight is 311 g/mol. The van der Waals surface area contributed by atoms with Gasteiger partial charge in [0.2, 0.25) is 0 Å². The van der Waals surface area contributed by atoms with E-state index in [2.05, 4.69) is 9.36 Å². The number of hydrogen-bond donors (Lipinski definition) is 1. The minimum atomic E-state index is -2.72. The van der Waals surface area contributed by atoms with Crippen molar-refractivity contribution < 1.29 is 8.60 Å². The predicted octanol–water partition coefficient (Wildman–Crippen LogP) is 2.72. The van der Waals surface area contributed by atoms with Crippen LogP contribution in [0.25, 0.3) is 0 Å². The van der Waals surface area contributed by atoms with Crippen molar-refractivity contribution in [2.45, 2.75) is 36.2 Å². The molecule has 4 nitrogen and oxygen atoms in total. The van der Waals surface area contributed by atoms with E-state index in [-0.39, 0.29) is 11.6 Å². The van der Waals surface area contributed by atoms with Crippen molar-refractivity contribution in [3.8, 4) is 0 Å². The van der Waals surface area contributed by atoms with Crippen LogP contribution in [0.4, 0.5) is 4.39 Å². The number of rotatable bonds is 4. The molecule has 0 spiro atoms. The molecule has 2 rings (SSSR count). The number of halogens is 1. The largest absolute Gasteiger partial charge is 0.386 e. The van der Waals surface area contributed by atoms with Crippen LogP contribution in [0, 0.1) is 5.82 Å². The van der Waals surface area contributed by atoms with Crippen LogP contribution >= 0.6 is 0 Å². The Morgan fingerprint density at radius 3 is 2.48 bits per heavy atom. The first-order valence-electron chi connectivity index (χ1n) is 7.08. The van der Waals surface area contributed by atoms with Gasteiger partial charge in [0.1, 0.15) is 16.4 Å². The molecule has 1 saturated carbocycles. The highest BCUT2D eigenvalue weighted by atomic mass is 32.2. The van der Waals surface area contributed by atoms with Gasteiger partial charge in [0.25, 0.3) is 0 Å². The lowest BCUT2D eigenvalue weighted by Crippen LogP contribution is -2.48. The standard InChI is InChI=1S/C15H22FN3OS/c1-18-14(17)15(9-5-6-10-15)21(20,19-2)11-12-7-3-4-8-13(12)16/h3-4,7-8H,5-6,9-11H2,1-2H3,(H2,17,18). The van der Waals surface area contributed by atoms with Crippen molar-refractivity contribution in [3.63, 3.8) is 0 Å². The lowest BCUT2D eigenvalue weighted by Gasteiger charge is -2.32. The first kappa shape index (κ1) is 15.9. The smallest absolute Gasteiger partial charge is 0.127 e. The second kappa shape index (κ2) is 6.13. The van der Waals surface area contributed by atoms with Gasteiger partial charge in [-0.05, 0) is 18.9 Å². The van der Waals surface area contributed by atoms with E-state index in [1.165, 1.54) is 13.1 Å². The molecule has 1 aliphatic carbocycles. The molecule has 0 radical (unpaired) electrons. The molecule has 0 bridgehead atoms. The van der Waals surface area contributed by atoms with E-state index in [1.807, 2.05) is 0 Å². The quantitative estimate of drug-likeness (QED) is 0.686. The third-order valence-corrected chi connectivity index (χ3v) is 7.46. The van der Waals surface area contributed by atoms with Crippen molar-refractivity contribution in [3.05, 3.63) is 35.6 Å². The summed E-state index contributed by atoms with van der Waals surface area (Å²) in [6.07, 6.45) is 3.28. The number of benzene rings is 1. The molecule has 1 fully saturated rings. The van der Waals surface area contributed by atoms with Gasteiger partial charge >= 0.3 is 0 Å². The molecule has 0 saturated heterocycles.